The van der Waals surface area contributed by atoms with E-state index >= 15 is 0 Å². The molecule has 2 heterocycles. The summed E-state index contributed by atoms with van der Waals surface area (Å²) >= 11 is 0. The summed E-state index contributed by atoms with van der Waals surface area (Å²) in [6.07, 6.45) is 2.37. The normalized spacial score (nSPS) is 10.8. The fourth-order valence-electron chi connectivity index (χ4n) is 2.55. The van der Waals surface area contributed by atoms with Crippen molar-refractivity contribution in [2.75, 3.05) is 6.61 Å². The van der Waals surface area contributed by atoms with Gasteiger partial charge in [0.25, 0.3) is 0 Å². The lowest BCUT2D eigenvalue weighted by Gasteiger charge is -2.07. The van der Waals surface area contributed by atoms with E-state index in [0.717, 1.165) is 27.9 Å². The largest absolute Gasteiger partial charge is 0.462 e. The Kier molecular flexibility index (Phi) is 3.87. The highest BCUT2D eigenvalue weighted by Gasteiger charge is 2.12. The van der Waals surface area contributed by atoms with Crippen molar-refractivity contribution >= 4 is 16.9 Å². The van der Waals surface area contributed by atoms with Crippen LogP contribution in [-0.4, -0.2) is 27.8 Å². The first-order valence-electron chi connectivity index (χ1n) is 7.18. The Morgan fingerprint density at radius 1 is 1.23 bits per heavy atom. The molecule has 5 heteroatoms. The van der Waals surface area contributed by atoms with Crippen LogP contribution in [0.25, 0.3) is 10.9 Å². The molecule has 0 saturated carbocycles. The minimum Gasteiger partial charge on any atom is -0.462 e. The third kappa shape index (κ3) is 2.70. The Morgan fingerprint density at radius 2 is 2.09 bits per heavy atom. The van der Waals surface area contributed by atoms with Gasteiger partial charge >= 0.3 is 5.97 Å². The van der Waals surface area contributed by atoms with Gasteiger partial charge in [0.2, 0.25) is 0 Å². The number of aromatic nitrogens is 3. The first-order chi connectivity index (χ1) is 10.7. The quantitative estimate of drug-likeness (QED) is 0.751. The highest BCUT2D eigenvalue weighted by Crippen LogP contribution is 2.17. The highest BCUT2D eigenvalue weighted by molar-refractivity contribution is 6.03. The lowest BCUT2D eigenvalue weighted by atomic mass is 10.1. The topological polar surface area (TPSA) is 67.9 Å². The zero-order valence-corrected chi connectivity index (χ0v) is 12.6. The fraction of sp³-hybridized carbons (Fsp3) is 0.235. The number of hydrogen-bond acceptors (Lipinski definition) is 4. The number of ether oxygens (including phenoxy) is 1. The number of hydrogen-bond donors (Lipinski definition) is 1. The molecule has 1 N–H and O–H groups in total. The third-order valence-electron chi connectivity index (χ3n) is 3.73. The van der Waals surface area contributed by atoms with Gasteiger partial charge in [-0.3, -0.25) is 10.1 Å². The molecule has 0 bridgehead atoms. The van der Waals surface area contributed by atoms with E-state index in [2.05, 4.69) is 15.2 Å². The SMILES string of the molecule is Cc1n[nH]c(C)c1CCOC(=O)c1cccc2ncccc12. The fourth-order valence-corrected chi connectivity index (χ4v) is 2.55. The van der Waals surface area contributed by atoms with Gasteiger partial charge in [0.05, 0.1) is 23.4 Å². The molecule has 112 valence electrons. The molecule has 0 radical (unpaired) electrons. The average Bonchev–Trinajstić information content (AvgIpc) is 2.86. The number of pyridine rings is 1. The van der Waals surface area contributed by atoms with Crippen molar-refractivity contribution in [3.8, 4) is 0 Å². The Bertz CT molecular complexity index is 799. The van der Waals surface area contributed by atoms with E-state index in [0.29, 0.717) is 18.6 Å². The van der Waals surface area contributed by atoms with Gasteiger partial charge in [-0.25, -0.2) is 4.79 Å². The van der Waals surface area contributed by atoms with E-state index in [9.17, 15) is 4.79 Å². The number of carbonyl (C=O) groups excluding carboxylic acids is 1. The van der Waals surface area contributed by atoms with E-state index in [-0.39, 0.29) is 5.97 Å². The monoisotopic (exact) mass is 295 g/mol. The molecule has 0 aliphatic heterocycles. The maximum absolute atomic E-state index is 12.3. The summed E-state index contributed by atoms with van der Waals surface area (Å²) < 4.78 is 5.41. The molecule has 0 aliphatic carbocycles. The number of carbonyl (C=O) groups is 1. The number of nitrogens with one attached hydrogen (secondary N) is 1. The van der Waals surface area contributed by atoms with Gasteiger partial charge in [-0.2, -0.15) is 5.10 Å². The second kappa shape index (κ2) is 5.97. The van der Waals surface area contributed by atoms with Crippen molar-refractivity contribution in [1.29, 1.82) is 0 Å². The molecule has 2 aromatic heterocycles. The third-order valence-corrected chi connectivity index (χ3v) is 3.73. The molecule has 22 heavy (non-hydrogen) atoms. The number of aromatic amines is 1. The lowest BCUT2D eigenvalue weighted by Crippen LogP contribution is -2.09. The van der Waals surface area contributed by atoms with E-state index in [1.165, 1.54) is 0 Å². The van der Waals surface area contributed by atoms with Gasteiger partial charge in [0, 0.05) is 23.7 Å². The van der Waals surface area contributed by atoms with Gasteiger partial charge in [-0.1, -0.05) is 12.1 Å². The van der Waals surface area contributed by atoms with E-state index in [4.69, 9.17) is 4.74 Å². The summed E-state index contributed by atoms with van der Waals surface area (Å²) in [6, 6.07) is 9.15. The first kappa shape index (κ1) is 14.3. The van der Waals surface area contributed by atoms with Crippen molar-refractivity contribution in [3.63, 3.8) is 0 Å². The zero-order valence-electron chi connectivity index (χ0n) is 12.6. The van der Waals surface area contributed by atoms with Gasteiger partial charge in [0.15, 0.2) is 0 Å². The van der Waals surface area contributed by atoms with Crippen LogP contribution >= 0.6 is 0 Å². The molecule has 0 fully saturated rings. The van der Waals surface area contributed by atoms with Crippen LogP contribution in [0, 0.1) is 13.8 Å². The van der Waals surface area contributed by atoms with Crippen LogP contribution < -0.4 is 0 Å². The first-order valence-corrected chi connectivity index (χ1v) is 7.18. The van der Waals surface area contributed by atoms with Crippen molar-refractivity contribution in [2.24, 2.45) is 0 Å². The van der Waals surface area contributed by atoms with E-state index < -0.39 is 0 Å². The maximum atomic E-state index is 12.3. The second-order valence-corrected chi connectivity index (χ2v) is 5.17. The summed E-state index contributed by atoms with van der Waals surface area (Å²) in [4.78, 5) is 16.5. The molecule has 0 atom stereocenters. The number of H-pyrrole nitrogens is 1. The van der Waals surface area contributed by atoms with Crippen LogP contribution in [0.5, 0.6) is 0 Å². The number of nitrogens with zero attached hydrogens (tertiary/aromatic N) is 2. The maximum Gasteiger partial charge on any atom is 0.338 e. The van der Waals surface area contributed by atoms with E-state index in [1.54, 1.807) is 12.3 Å². The minimum atomic E-state index is -0.322. The summed E-state index contributed by atoms with van der Waals surface area (Å²) in [7, 11) is 0. The number of aryl methyl sites for hydroxylation is 2. The number of rotatable bonds is 4. The van der Waals surface area contributed by atoms with Crippen LogP contribution in [0.1, 0.15) is 27.3 Å². The number of fused-ring (bicyclic) bond motifs is 1. The lowest BCUT2D eigenvalue weighted by molar-refractivity contribution is 0.0511. The molecule has 1 aromatic carbocycles. The van der Waals surface area contributed by atoms with Crippen LogP contribution in [0.15, 0.2) is 36.5 Å². The minimum absolute atomic E-state index is 0.322. The zero-order chi connectivity index (χ0) is 15.5. The van der Waals surface area contributed by atoms with Crippen molar-refractivity contribution < 1.29 is 9.53 Å². The van der Waals surface area contributed by atoms with Crippen molar-refractivity contribution in [3.05, 3.63) is 59.0 Å². The van der Waals surface area contributed by atoms with Gasteiger partial charge in [-0.05, 0) is 37.6 Å². The smallest absolute Gasteiger partial charge is 0.338 e. The van der Waals surface area contributed by atoms with E-state index in [1.807, 2.05) is 38.1 Å². The Hall–Kier alpha value is -2.69. The Balaban J connectivity index is 1.72. The molecule has 0 aliphatic rings. The van der Waals surface area contributed by atoms with Gasteiger partial charge in [-0.15, -0.1) is 0 Å². The molecule has 3 aromatic rings. The molecular formula is C17H17N3O2. The van der Waals surface area contributed by atoms with Crippen LogP contribution in [0.4, 0.5) is 0 Å². The Labute approximate surface area is 128 Å². The molecule has 0 unspecified atom stereocenters. The number of esters is 1. The average molecular weight is 295 g/mol. The van der Waals surface area contributed by atoms with Crippen molar-refractivity contribution in [2.45, 2.75) is 20.3 Å². The summed E-state index contributed by atoms with van der Waals surface area (Å²) in [5, 5.41) is 7.88. The predicted octanol–water partition coefficient (Wildman–Crippen LogP) is 2.97. The molecule has 0 amide bonds. The summed E-state index contributed by atoms with van der Waals surface area (Å²) in [5.41, 5.74) is 4.41. The van der Waals surface area contributed by atoms with Crippen LogP contribution in [0.3, 0.4) is 0 Å². The second-order valence-electron chi connectivity index (χ2n) is 5.17. The number of benzene rings is 1. The van der Waals surface area contributed by atoms with Crippen molar-refractivity contribution in [1.82, 2.24) is 15.2 Å². The molecule has 0 spiro atoms. The van der Waals surface area contributed by atoms with Gasteiger partial charge in [0.1, 0.15) is 0 Å². The predicted molar refractivity (Wildman–Crippen MR) is 83.8 cm³/mol. The Morgan fingerprint density at radius 3 is 2.86 bits per heavy atom. The molecule has 3 rings (SSSR count). The van der Waals surface area contributed by atoms with Crippen LogP contribution in [-0.2, 0) is 11.2 Å². The molecule has 0 saturated heterocycles. The summed E-state index contributed by atoms with van der Waals surface area (Å²) in [6.45, 7) is 4.24. The standard InChI is InChI=1S/C17H17N3O2/c1-11-13(12(2)20-19-11)8-10-22-17(21)15-5-3-7-16-14(15)6-4-9-18-16/h3-7,9H,8,10H2,1-2H3,(H,19,20). The molecule has 5 nitrogen and oxygen atoms in total. The van der Waals surface area contributed by atoms with Gasteiger partial charge < -0.3 is 4.74 Å². The van der Waals surface area contributed by atoms with Crippen LogP contribution in [0.2, 0.25) is 0 Å². The molecular weight excluding hydrogens is 278 g/mol. The summed E-state index contributed by atoms with van der Waals surface area (Å²) in [5.74, 6) is -0.322. The highest BCUT2D eigenvalue weighted by atomic mass is 16.5.